The van der Waals surface area contributed by atoms with Crippen LogP contribution < -0.4 is 30.7 Å². The van der Waals surface area contributed by atoms with Crippen molar-refractivity contribution in [3.05, 3.63) is 83.2 Å². The molecule has 0 radical (unpaired) electrons. The lowest BCUT2D eigenvalue weighted by Gasteiger charge is -2.28. The lowest BCUT2D eigenvalue weighted by Crippen LogP contribution is -2.40. The number of nitrogens with zero attached hydrogens (tertiary/aromatic N) is 2. The molecule has 1 saturated heterocycles. The summed E-state index contributed by atoms with van der Waals surface area (Å²) in [4.78, 5) is 43.8. The van der Waals surface area contributed by atoms with Gasteiger partial charge in [-0.3, -0.25) is 14.4 Å². The number of hydrogen-bond donors (Lipinski definition) is 3. The van der Waals surface area contributed by atoms with Crippen LogP contribution in [0.4, 0.5) is 15.8 Å². The molecule has 5 rings (SSSR count). The smallest absolute Gasteiger partial charge is 0.255 e. The lowest BCUT2D eigenvalue weighted by molar-refractivity contribution is 0.0766. The fourth-order valence-electron chi connectivity index (χ4n) is 5.92. The Hall–Kier alpha value is -4.64. The van der Waals surface area contributed by atoms with Gasteiger partial charge in [0.1, 0.15) is 5.82 Å². The molecule has 0 bridgehead atoms. The largest absolute Gasteiger partial charge is 0.493 e. The molecule has 1 aliphatic carbocycles. The number of nitrogens with one attached hydrogen (secondary N) is 2. The Morgan fingerprint density at radius 2 is 1.53 bits per heavy atom. The normalized spacial score (nSPS) is 18.5. The average molecular weight is 618 g/mol. The van der Waals surface area contributed by atoms with Crippen LogP contribution in [0.1, 0.15) is 63.2 Å². The minimum atomic E-state index is -0.455. The molecule has 0 spiro atoms. The van der Waals surface area contributed by atoms with Crippen LogP contribution in [0, 0.1) is 5.82 Å². The molecule has 2 fully saturated rings. The molecule has 1 aliphatic heterocycles. The number of nitrogens with two attached hydrogens (primary N) is 1. The van der Waals surface area contributed by atoms with Gasteiger partial charge in [0.15, 0.2) is 11.5 Å². The highest BCUT2D eigenvalue weighted by atomic mass is 19.1. The summed E-state index contributed by atoms with van der Waals surface area (Å²) in [7, 11) is 3.03. The van der Waals surface area contributed by atoms with Crippen molar-refractivity contribution in [3.8, 4) is 11.5 Å². The van der Waals surface area contributed by atoms with Gasteiger partial charge >= 0.3 is 0 Å². The van der Waals surface area contributed by atoms with E-state index in [1.165, 1.54) is 32.4 Å². The Labute approximate surface area is 262 Å². The van der Waals surface area contributed by atoms with Crippen molar-refractivity contribution in [2.45, 2.75) is 44.2 Å². The predicted octanol–water partition coefficient (Wildman–Crippen LogP) is 4.45. The summed E-state index contributed by atoms with van der Waals surface area (Å²) in [6.45, 7) is 2.00. The van der Waals surface area contributed by atoms with Crippen molar-refractivity contribution < 1.29 is 28.2 Å². The van der Waals surface area contributed by atoms with Crippen LogP contribution in [-0.2, 0) is 0 Å². The lowest BCUT2D eigenvalue weighted by atomic mass is 9.91. The van der Waals surface area contributed by atoms with Crippen LogP contribution >= 0.6 is 0 Å². The van der Waals surface area contributed by atoms with E-state index in [0.717, 1.165) is 31.4 Å². The molecule has 45 heavy (non-hydrogen) atoms. The molecule has 1 heterocycles. The average Bonchev–Trinajstić information content (AvgIpc) is 3.31. The van der Waals surface area contributed by atoms with Gasteiger partial charge in [-0.15, -0.1) is 0 Å². The summed E-state index contributed by atoms with van der Waals surface area (Å²) in [6, 6.07) is 16.1. The quantitative estimate of drug-likeness (QED) is 0.341. The van der Waals surface area contributed by atoms with Crippen molar-refractivity contribution in [1.29, 1.82) is 0 Å². The standard InChI is InChI=1S/C34H40FN5O5/c1-44-30-14-8-23(21-31(30)45-2)33(42)38-28-20-22(32(41)37-27-11-9-26(36)10-12-27)7-13-29(28)39-15-4-16-40(18-17-39)34(43)24-5-3-6-25(35)19-24/h3,5-8,13-14,19-21,26-27H,4,9-12,15-18,36H2,1-2H3,(H,37,41)(H,38,42). The zero-order valence-electron chi connectivity index (χ0n) is 25.7. The van der Waals surface area contributed by atoms with E-state index in [9.17, 15) is 18.8 Å². The molecule has 0 unspecified atom stereocenters. The maximum Gasteiger partial charge on any atom is 0.255 e. The summed E-state index contributed by atoms with van der Waals surface area (Å²) < 4.78 is 24.5. The maximum absolute atomic E-state index is 13.8. The van der Waals surface area contributed by atoms with E-state index in [-0.39, 0.29) is 29.8 Å². The first kappa shape index (κ1) is 31.8. The Balaban J connectivity index is 1.39. The number of ether oxygens (including phenoxy) is 2. The highest BCUT2D eigenvalue weighted by Gasteiger charge is 2.25. The van der Waals surface area contributed by atoms with Crippen molar-refractivity contribution in [3.63, 3.8) is 0 Å². The summed E-state index contributed by atoms with van der Waals surface area (Å²) in [5.74, 6) is -0.363. The summed E-state index contributed by atoms with van der Waals surface area (Å²) in [5.41, 5.74) is 8.32. The fourth-order valence-corrected chi connectivity index (χ4v) is 5.92. The third kappa shape index (κ3) is 7.72. The molecule has 3 amide bonds. The maximum atomic E-state index is 13.8. The van der Waals surface area contributed by atoms with Crippen molar-refractivity contribution >= 4 is 29.1 Å². The number of benzene rings is 3. The van der Waals surface area contributed by atoms with Crippen LogP contribution in [0.5, 0.6) is 11.5 Å². The molecule has 3 aromatic rings. The Bertz CT molecular complexity index is 1540. The van der Waals surface area contributed by atoms with Gasteiger partial charge in [0.2, 0.25) is 0 Å². The van der Waals surface area contributed by atoms with E-state index < -0.39 is 5.82 Å². The van der Waals surface area contributed by atoms with Gasteiger partial charge in [-0.25, -0.2) is 4.39 Å². The van der Waals surface area contributed by atoms with Crippen LogP contribution in [-0.4, -0.2) is 75.1 Å². The molecule has 238 valence electrons. The highest BCUT2D eigenvalue weighted by molar-refractivity contribution is 6.07. The van der Waals surface area contributed by atoms with Gasteiger partial charge in [0.25, 0.3) is 17.7 Å². The van der Waals surface area contributed by atoms with E-state index in [0.29, 0.717) is 66.5 Å². The van der Waals surface area contributed by atoms with E-state index in [2.05, 4.69) is 15.5 Å². The SMILES string of the molecule is COc1ccc(C(=O)Nc2cc(C(=O)NC3CCC(N)CC3)ccc2N2CCCN(C(=O)c3cccc(F)c3)CC2)cc1OC. The number of anilines is 2. The Morgan fingerprint density at radius 3 is 2.27 bits per heavy atom. The Kier molecular flexibility index (Phi) is 10.2. The third-order valence-electron chi connectivity index (χ3n) is 8.46. The zero-order valence-corrected chi connectivity index (χ0v) is 25.7. The van der Waals surface area contributed by atoms with Gasteiger partial charge in [-0.05, 0) is 86.7 Å². The molecule has 11 heteroatoms. The minimum absolute atomic E-state index is 0.0500. The first-order valence-corrected chi connectivity index (χ1v) is 15.3. The van der Waals surface area contributed by atoms with Gasteiger partial charge < -0.3 is 35.6 Å². The second-order valence-electron chi connectivity index (χ2n) is 11.5. The van der Waals surface area contributed by atoms with Crippen molar-refractivity contribution in [2.24, 2.45) is 5.73 Å². The number of carbonyl (C=O) groups excluding carboxylic acids is 3. The Morgan fingerprint density at radius 1 is 0.800 bits per heavy atom. The van der Waals surface area contributed by atoms with E-state index in [1.807, 2.05) is 6.07 Å². The topological polar surface area (TPSA) is 126 Å². The molecule has 1 saturated carbocycles. The predicted molar refractivity (Wildman–Crippen MR) is 171 cm³/mol. The third-order valence-corrected chi connectivity index (χ3v) is 8.46. The van der Waals surface area contributed by atoms with Crippen LogP contribution in [0.15, 0.2) is 60.7 Å². The van der Waals surface area contributed by atoms with Crippen LogP contribution in [0.2, 0.25) is 0 Å². The number of carbonyl (C=O) groups is 3. The fraction of sp³-hybridized carbons (Fsp3) is 0.382. The summed E-state index contributed by atoms with van der Waals surface area (Å²) in [5, 5.41) is 6.13. The number of hydrogen-bond acceptors (Lipinski definition) is 7. The molecule has 10 nitrogen and oxygen atoms in total. The first-order valence-electron chi connectivity index (χ1n) is 15.3. The van der Waals surface area contributed by atoms with Crippen molar-refractivity contribution in [1.82, 2.24) is 10.2 Å². The first-order chi connectivity index (χ1) is 21.7. The molecule has 0 aromatic heterocycles. The molecule has 2 aliphatic rings. The van der Waals surface area contributed by atoms with Gasteiger partial charge in [0.05, 0.1) is 25.6 Å². The number of amides is 3. The highest BCUT2D eigenvalue weighted by Crippen LogP contribution is 2.32. The van der Waals surface area contributed by atoms with Gasteiger partial charge in [0, 0.05) is 55.0 Å². The van der Waals surface area contributed by atoms with Gasteiger partial charge in [-0.1, -0.05) is 6.07 Å². The number of rotatable bonds is 8. The van der Waals surface area contributed by atoms with Crippen LogP contribution in [0.25, 0.3) is 0 Å². The second-order valence-corrected chi connectivity index (χ2v) is 11.5. The van der Waals surface area contributed by atoms with E-state index in [4.69, 9.17) is 15.2 Å². The van der Waals surface area contributed by atoms with E-state index >= 15 is 0 Å². The summed E-state index contributed by atoms with van der Waals surface area (Å²) >= 11 is 0. The van der Waals surface area contributed by atoms with Crippen LogP contribution in [0.3, 0.4) is 0 Å². The number of halogens is 1. The monoisotopic (exact) mass is 617 g/mol. The molecule has 4 N–H and O–H groups in total. The second kappa shape index (κ2) is 14.4. The van der Waals surface area contributed by atoms with E-state index in [1.54, 1.807) is 41.3 Å². The van der Waals surface area contributed by atoms with Crippen molar-refractivity contribution in [2.75, 3.05) is 50.6 Å². The minimum Gasteiger partial charge on any atom is -0.493 e. The summed E-state index contributed by atoms with van der Waals surface area (Å²) in [6.07, 6.45) is 4.05. The van der Waals surface area contributed by atoms with Gasteiger partial charge in [-0.2, -0.15) is 0 Å². The molecule has 3 aromatic carbocycles. The molecular weight excluding hydrogens is 577 g/mol. The molecular formula is C34H40FN5O5. The number of methoxy groups -OCH3 is 2. The molecule has 0 atom stereocenters. The zero-order chi connectivity index (χ0) is 31.9.